The first-order chi connectivity index (χ1) is 9.15. The zero-order valence-electron chi connectivity index (χ0n) is 10.2. The number of likely N-dealkylation sites (tertiary alicyclic amines) is 1. The fourth-order valence-electron chi connectivity index (χ4n) is 2.43. The fourth-order valence-corrected chi connectivity index (χ4v) is 3.20. The summed E-state index contributed by atoms with van der Waals surface area (Å²) in [7, 11) is 0. The van der Waals surface area contributed by atoms with Crippen LogP contribution in [0.2, 0.25) is 0 Å². The number of carbonyl (C=O) groups is 2. The highest BCUT2D eigenvalue weighted by Gasteiger charge is 2.31. The first-order valence-electron chi connectivity index (χ1n) is 6.14. The van der Waals surface area contributed by atoms with Gasteiger partial charge >= 0.3 is 5.97 Å². The molecule has 0 aliphatic carbocycles. The predicted molar refractivity (Wildman–Crippen MR) is 73.5 cm³/mol. The molecule has 1 amide bonds. The van der Waals surface area contributed by atoms with E-state index in [1.807, 2.05) is 29.6 Å². The minimum absolute atomic E-state index is 0.0724. The largest absolute Gasteiger partial charge is 0.481 e. The van der Waals surface area contributed by atoms with Crippen molar-refractivity contribution in [2.45, 2.75) is 6.42 Å². The lowest BCUT2D eigenvalue weighted by Gasteiger charge is -2.15. The van der Waals surface area contributed by atoms with Crippen molar-refractivity contribution in [1.82, 2.24) is 4.90 Å². The Bertz CT molecular complexity index is 649. The Hall–Kier alpha value is -1.88. The molecule has 1 aromatic heterocycles. The lowest BCUT2D eigenvalue weighted by molar-refractivity contribution is -0.141. The van der Waals surface area contributed by atoms with E-state index in [9.17, 15) is 9.59 Å². The number of aliphatic carboxylic acids is 1. The van der Waals surface area contributed by atoms with Gasteiger partial charge in [-0.3, -0.25) is 9.59 Å². The van der Waals surface area contributed by atoms with Crippen molar-refractivity contribution in [3.8, 4) is 0 Å². The van der Waals surface area contributed by atoms with Crippen LogP contribution < -0.4 is 0 Å². The Balaban J connectivity index is 1.82. The number of carbonyl (C=O) groups excluding carboxylic acids is 1. The smallest absolute Gasteiger partial charge is 0.308 e. The maximum absolute atomic E-state index is 12.3. The van der Waals surface area contributed by atoms with Crippen molar-refractivity contribution >= 4 is 33.3 Å². The zero-order chi connectivity index (χ0) is 13.4. The molecule has 0 bridgehead atoms. The van der Waals surface area contributed by atoms with Gasteiger partial charge in [0.1, 0.15) is 0 Å². The van der Waals surface area contributed by atoms with Crippen LogP contribution in [0.1, 0.15) is 16.8 Å². The number of carboxylic acid groups (broad SMARTS) is 1. The van der Waals surface area contributed by atoms with Gasteiger partial charge in [0, 0.05) is 23.4 Å². The van der Waals surface area contributed by atoms with Gasteiger partial charge in [0.25, 0.3) is 5.91 Å². The van der Waals surface area contributed by atoms with Crippen LogP contribution in [-0.2, 0) is 4.79 Å². The third kappa shape index (κ3) is 2.21. The molecule has 3 rings (SSSR count). The molecule has 1 saturated heterocycles. The Morgan fingerprint density at radius 1 is 1.32 bits per heavy atom. The molecule has 5 heteroatoms. The lowest BCUT2D eigenvalue weighted by atomic mass is 10.1. The molecule has 2 aromatic rings. The summed E-state index contributed by atoms with van der Waals surface area (Å²) in [4.78, 5) is 24.9. The van der Waals surface area contributed by atoms with Crippen molar-refractivity contribution in [3.63, 3.8) is 0 Å². The van der Waals surface area contributed by atoms with Crippen molar-refractivity contribution in [3.05, 3.63) is 35.2 Å². The maximum Gasteiger partial charge on any atom is 0.308 e. The highest BCUT2D eigenvalue weighted by molar-refractivity contribution is 7.17. The van der Waals surface area contributed by atoms with Crippen LogP contribution >= 0.6 is 11.3 Å². The van der Waals surface area contributed by atoms with E-state index in [0.29, 0.717) is 25.1 Å². The van der Waals surface area contributed by atoms with E-state index in [0.717, 1.165) is 10.1 Å². The molecule has 98 valence electrons. The number of rotatable bonds is 2. The number of nitrogens with zero attached hydrogens (tertiary/aromatic N) is 1. The van der Waals surface area contributed by atoms with E-state index in [4.69, 9.17) is 5.11 Å². The van der Waals surface area contributed by atoms with Crippen molar-refractivity contribution in [2.24, 2.45) is 5.92 Å². The molecule has 19 heavy (non-hydrogen) atoms. The summed E-state index contributed by atoms with van der Waals surface area (Å²) in [6.45, 7) is 0.841. The molecule has 1 aliphatic heterocycles. The van der Waals surface area contributed by atoms with E-state index in [1.165, 1.54) is 0 Å². The van der Waals surface area contributed by atoms with Crippen LogP contribution in [0.25, 0.3) is 10.1 Å². The summed E-state index contributed by atoms with van der Waals surface area (Å²) in [6.07, 6.45) is 0.543. The number of fused-ring (bicyclic) bond motifs is 1. The molecular formula is C14H13NO3S. The molecule has 0 radical (unpaired) electrons. The molecule has 1 fully saturated rings. The first kappa shape index (κ1) is 12.2. The van der Waals surface area contributed by atoms with Gasteiger partial charge in [0.05, 0.1) is 5.92 Å². The van der Waals surface area contributed by atoms with Crippen LogP contribution in [-0.4, -0.2) is 35.0 Å². The molecule has 0 saturated carbocycles. The number of hydrogen-bond donors (Lipinski definition) is 1. The van der Waals surface area contributed by atoms with Gasteiger partial charge in [0.2, 0.25) is 0 Å². The fraction of sp³-hybridized carbons (Fsp3) is 0.286. The second-order valence-corrected chi connectivity index (χ2v) is 5.70. The van der Waals surface area contributed by atoms with Crippen molar-refractivity contribution in [1.29, 1.82) is 0 Å². The third-order valence-electron chi connectivity index (χ3n) is 3.52. The SMILES string of the molecule is O=C(O)[C@H]1CCN(C(=O)c2ccc3sccc3c2)C1. The van der Waals surface area contributed by atoms with Gasteiger partial charge in [0.15, 0.2) is 0 Å². The molecule has 1 N–H and O–H groups in total. The maximum atomic E-state index is 12.3. The minimum Gasteiger partial charge on any atom is -0.481 e. The van der Waals surface area contributed by atoms with Gasteiger partial charge in [-0.15, -0.1) is 11.3 Å². The van der Waals surface area contributed by atoms with Crippen molar-refractivity contribution < 1.29 is 14.7 Å². The second kappa shape index (κ2) is 4.66. The van der Waals surface area contributed by atoms with Gasteiger partial charge in [-0.25, -0.2) is 0 Å². The number of hydrogen-bond acceptors (Lipinski definition) is 3. The normalized spacial score (nSPS) is 18.9. The summed E-state index contributed by atoms with van der Waals surface area (Å²) < 4.78 is 1.15. The summed E-state index contributed by atoms with van der Waals surface area (Å²) in [5.74, 6) is -1.31. The zero-order valence-corrected chi connectivity index (χ0v) is 11.0. The first-order valence-corrected chi connectivity index (χ1v) is 7.02. The summed E-state index contributed by atoms with van der Waals surface area (Å²) in [5, 5.41) is 12.0. The van der Waals surface area contributed by atoms with E-state index in [2.05, 4.69) is 0 Å². The van der Waals surface area contributed by atoms with E-state index < -0.39 is 11.9 Å². The van der Waals surface area contributed by atoms with E-state index in [-0.39, 0.29) is 5.91 Å². The van der Waals surface area contributed by atoms with Gasteiger partial charge in [-0.1, -0.05) is 0 Å². The number of amides is 1. The standard InChI is InChI=1S/C14H13NO3S/c16-13(15-5-3-11(8-15)14(17)18)10-1-2-12-9(7-10)4-6-19-12/h1-2,4,6-7,11H,3,5,8H2,(H,17,18)/t11-/m0/s1. The van der Waals surface area contributed by atoms with Gasteiger partial charge in [-0.2, -0.15) is 0 Å². The summed E-state index contributed by atoms with van der Waals surface area (Å²) in [5.41, 5.74) is 0.636. The quantitative estimate of drug-likeness (QED) is 0.916. The predicted octanol–water partition coefficient (Wildman–Crippen LogP) is 2.45. The highest BCUT2D eigenvalue weighted by atomic mass is 32.1. The Morgan fingerprint density at radius 3 is 2.89 bits per heavy atom. The molecule has 2 heterocycles. The average molecular weight is 275 g/mol. The summed E-state index contributed by atoms with van der Waals surface area (Å²) in [6, 6.07) is 7.62. The second-order valence-electron chi connectivity index (χ2n) is 4.75. The number of benzene rings is 1. The Morgan fingerprint density at radius 2 is 2.16 bits per heavy atom. The monoisotopic (exact) mass is 275 g/mol. The highest BCUT2D eigenvalue weighted by Crippen LogP contribution is 2.24. The number of carboxylic acids is 1. The molecule has 4 nitrogen and oxygen atoms in total. The molecule has 0 unspecified atom stereocenters. The molecule has 1 aromatic carbocycles. The van der Waals surface area contributed by atoms with Gasteiger partial charge in [-0.05, 0) is 41.5 Å². The Labute approximate surface area is 114 Å². The number of thiophene rings is 1. The van der Waals surface area contributed by atoms with Crippen LogP contribution in [0.3, 0.4) is 0 Å². The summed E-state index contributed by atoms with van der Waals surface area (Å²) >= 11 is 1.64. The topological polar surface area (TPSA) is 57.6 Å². The van der Waals surface area contributed by atoms with Crippen molar-refractivity contribution in [2.75, 3.05) is 13.1 Å². The van der Waals surface area contributed by atoms with Crippen LogP contribution in [0.5, 0.6) is 0 Å². The minimum atomic E-state index is -0.816. The van der Waals surface area contributed by atoms with Crippen LogP contribution in [0, 0.1) is 5.92 Å². The lowest BCUT2D eigenvalue weighted by Crippen LogP contribution is -2.29. The average Bonchev–Trinajstić information content (AvgIpc) is 3.06. The van der Waals surface area contributed by atoms with E-state index >= 15 is 0 Å². The molecular weight excluding hydrogens is 262 g/mol. The molecule has 1 atom stereocenters. The third-order valence-corrected chi connectivity index (χ3v) is 4.42. The van der Waals surface area contributed by atoms with Gasteiger partial charge < -0.3 is 10.0 Å². The van der Waals surface area contributed by atoms with Crippen LogP contribution in [0.15, 0.2) is 29.6 Å². The molecule has 0 spiro atoms. The molecule has 1 aliphatic rings. The Kier molecular flexibility index (Phi) is 2.98. The van der Waals surface area contributed by atoms with Crippen LogP contribution in [0.4, 0.5) is 0 Å². The van der Waals surface area contributed by atoms with E-state index in [1.54, 1.807) is 16.2 Å².